The van der Waals surface area contributed by atoms with E-state index in [1.54, 1.807) is 11.3 Å². The highest BCUT2D eigenvalue weighted by molar-refractivity contribution is 7.11. The number of rotatable bonds is 3. The van der Waals surface area contributed by atoms with Gasteiger partial charge in [0.1, 0.15) is 6.29 Å². The van der Waals surface area contributed by atoms with Crippen molar-refractivity contribution in [1.29, 1.82) is 0 Å². The molecule has 3 nitrogen and oxygen atoms in total. The molecule has 0 bridgehead atoms. The van der Waals surface area contributed by atoms with Gasteiger partial charge in [0.05, 0.1) is 22.7 Å². The predicted molar refractivity (Wildman–Crippen MR) is 59.2 cm³/mol. The van der Waals surface area contributed by atoms with Crippen molar-refractivity contribution >= 4 is 17.6 Å². The van der Waals surface area contributed by atoms with E-state index in [-0.39, 0.29) is 5.41 Å². The fourth-order valence-electron chi connectivity index (χ4n) is 1.81. The van der Waals surface area contributed by atoms with Crippen molar-refractivity contribution in [2.75, 3.05) is 13.2 Å². The Labute approximate surface area is 93.5 Å². The summed E-state index contributed by atoms with van der Waals surface area (Å²) >= 11 is 1.69. The molecule has 1 aromatic rings. The van der Waals surface area contributed by atoms with Crippen molar-refractivity contribution in [2.24, 2.45) is 5.41 Å². The molecule has 0 saturated carbocycles. The summed E-state index contributed by atoms with van der Waals surface area (Å²) in [5, 5.41) is 1.06. The number of hydrogen-bond donors (Lipinski definition) is 0. The van der Waals surface area contributed by atoms with Crippen molar-refractivity contribution in [3.8, 4) is 0 Å². The van der Waals surface area contributed by atoms with Gasteiger partial charge in [-0.25, -0.2) is 4.98 Å². The Bertz CT molecular complexity index is 347. The summed E-state index contributed by atoms with van der Waals surface area (Å²) in [5.74, 6) is 0. The number of nitrogens with zero attached hydrogens (tertiary/aromatic N) is 1. The van der Waals surface area contributed by atoms with Crippen LogP contribution in [0.25, 0.3) is 0 Å². The second kappa shape index (κ2) is 4.02. The van der Waals surface area contributed by atoms with E-state index in [4.69, 9.17) is 4.74 Å². The normalized spacial score (nSPS) is 25.7. The molecule has 0 radical (unpaired) electrons. The molecule has 1 aromatic heterocycles. The molecule has 0 amide bonds. The smallest absolute Gasteiger partial charge is 0.128 e. The van der Waals surface area contributed by atoms with Gasteiger partial charge < -0.3 is 9.53 Å². The molecule has 0 aromatic carbocycles. The Morgan fingerprint density at radius 1 is 1.60 bits per heavy atom. The van der Waals surface area contributed by atoms with Gasteiger partial charge in [0.25, 0.3) is 0 Å². The maximum Gasteiger partial charge on any atom is 0.128 e. The second-order valence-corrected chi connectivity index (χ2v) is 5.50. The molecule has 1 fully saturated rings. The van der Waals surface area contributed by atoms with Crippen LogP contribution in [0.4, 0.5) is 0 Å². The first-order valence-corrected chi connectivity index (χ1v) is 5.94. The van der Waals surface area contributed by atoms with E-state index in [0.717, 1.165) is 29.8 Å². The number of hydrogen-bond acceptors (Lipinski definition) is 4. The van der Waals surface area contributed by atoms with Crippen LogP contribution in [0.3, 0.4) is 0 Å². The van der Waals surface area contributed by atoms with Gasteiger partial charge in [0.15, 0.2) is 0 Å². The summed E-state index contributed by atoms with van der Waals surface area (Å²) in [5.41, 5.74) is 0.770. The SMILES string of the molecule is Cc1nc(CC2(C=O)CCOC2)sc1C. The van der Waals surface area contributed by atoms with E-state index in [9.17, 15) is 4.79 Å². The predicted octanol–water partition coefficient (Wildman–Crippen LogP) is 1.91. The highest BCUT2D eigenvalue weighted by Gasteiger charge is 2.35. The Balaban J connectivity index is 2.16. The molecule has 4 heteroatoms. The molecule has 1 aliphatic rings. The van der Waals surface area contributed by atoms with E-state index >= 15 is 0 Å². The van der Waals surface area contributed by atoms with Crippen molar-refractivity contribution in [2.45, 2.75) is 26.7 Å². The molecular weight excluding hydrogens is 210 g/mol. The van der Waals surface area contributed by atoms with E-state index in [2.05, 4.69) is 11.9 Å². The fraction of sp³-hybridized carbons (Fsp3) is 0.636. The molecule has 15 heavy (non-hydrogen) atoms. The second-order valence-electron chi connectivity index (χ2n) is 4.21. The van der Waals surface area contributed by atoms with Crippen molar-refractivity contribution in [3.05, 3.63) is 15.6 Å². The molecule has 1 aliphatic heterocycles. The Hall–Kier alpha value is -0.740. The molecule has 0 N–H and O–H groups in total. The van der Waals surface area contributed by atoms with Crippen LogP contribution >= 0.6 is 11.3 Å². The summed E-state index contributed by atoms with van der Waals surface area (Å²) in [4.78, 5) is 16.8. The zero-order chi connectivity index (χ0) is 10.9. The minimum Gasteiger partial charge on any atom is -0.380 e. The third-order valence-electron chi connectivity index (χ3n) is 2.96. The highest BCUT2D eigenvalue weighted by Crippen LogP contribution is 2.32. The molecule has 2 heterocycles. The van der Waals surface area contributed by atoms with Crippen molar-refractivity contribution in [1.82, 2.24) is 4.98 Å². The summed E-state index contributed by atoms with van der Waals surface area (Å²) in [6.07, 6.45) is 2.61. The van der Waals surface area contributed by atoms with Crippen LogP contribution in [0.2, 0.25) is 0 Å². The lowest BCUT2D eigenvalue weighted by molar-refractivity contribution is -0.116. The van der Waals surface area contributed by atoms with E-state index in [0.29, 0.717) is 13.2 Å². The van der Waals surface area contributed by atoms with Crippen LogP contribution in [-0.4, -0.2) is 24.5 Å². The standard InChI is InChI=1S/C11H15NO2S/c1-8-9(2)15-10(12-8)5-11(6-13)3-4-14-7-11/h6H,3-5,7H2,1-2H3. The Morgan fingerprint density at radius 2 is 2.40 bits per heavy atom. The first-order chi connectivity index (χ1) is 7.15. The van der Waals surface area contributed by atoms with Gasteiger partial charge in [-0.05, 0) is 20.3 Å². The third kappa shape index (κ3) is 2.11. The topological polar surface area (TPSA) is 39.2 Å². The largest absolute Gasteiger partial charge is 0.380 e. The minimum atomic E-state index is -0.309. The van der Waals surface area contributed by atoms with E-state index in [1.807, 2.05) is 6.92 Å². The van der Waals surface area contributed by atoms with Gasteiger partial charge >= 0.3 is 0 Å². The Morgan fingerprint density at radius 3 is 2.87 bits per heavy atom. The highest BCUT2D eigenvalue weighted by atomic mass is 32.1. The average molecular weight is 225 g/mol. The molecule has 1 atom stereocenters. The van der Waals surface area contributed by atoms with Gasteiger partial charge in [0.2, 0.25) is 0 Å². The number of thiazole rings is 1. The van der Waals surface area contributed by atoms with Gasteiger partial charge in [-0.2, -0.15) is 0 Å². The first kappa shape index (κ1) is 10.8. The lowest BCUT2D eigenvalue weighted by atomic mass is 9.86. The van der Waals surface area contributed by atoms with Crippen LogP contribution in [0.5, 0.6) is 0 Å². The number of carbonyl (C=O) groups is 1. The number of ether oxygens (including phenoxy) is 1. The number of carbonyl (C=O) groups excluding carboxylic acids is 1. The van der Waals surface area contributed by atoms with Gasteiger partial charge in [-0.3, -0.25) is 0 Å². The lowest BCUT2D eigenvalue weighted by Crippen LogP contribution is -2.25. The Kier molecular flexibility index (Phi) is 2.89. The van der Waals surface area contributed by atoms with Crippen LogP contribution in [0.15, 0.2) is 0 Å². The quantitative estimate of drug-likeness (QED) is 0.738. The van der Waals surface area contributed by atoms with Gasteiger partial charge in [-0.1, -0.05) is 0 Å². The molecule has 82 valence electrons. The molecule has 2 rings (SSSR count). The molecule has 0 spiro atoms. The maximum absolute atomic E-state index is 11.1. The zero-order valence-electron chi connectivity index (χ0n) is 9.08. The van der Waals surface area contributed by atoms with Gasteiger partial charge in [0, 0.05) is 17.9 Å². The zero-order valence-corrected chi connectivity index (χ0v) is 9.89. The van der Waals surface area contributed by atoms with Crippen LogP contribution in [0.1, 0.15) is 22.0 Å². The maximum atomic E-state index is 11.1. The number of aromatic nitrogens is 1. The summed E-state index contributed by atoms with van der Waals surface area (Å²) in [7, 11) is 0. The fourth-order valence-corrected chi connectivity index (χ4v) is 2.90. The third-order valence-corrected chi connectivity index (χ3v) is 4.03. The van der Waals surface area contributed by atoms with Gasteiger partial charge in [-0.15, -0.1) is 11.3 Å². The average Bonchev–Trinajstić information content (AvgIpc) is 2.77. The number of aldehydes is 1. The van der Waals surface area contributed by atoms with Crippen molar-refractivity contribution < 1.29 is 9.53 Å². The van der Waals surface area contributed by atoms with Crippen LogP contribution in [0, 0.1) is 19.3 Å². The monoisotopic (exact) mass is 225 g/mol. The molecule has 1 saturated heterocycles. The molecule has 1 unspecified atom stereocenters. The van der Waals surface area contributed by atoms with Crippen LogP contribution in [-0.2, 0) is 16.0 Å². The van der Waals surface area contributed by atoms with Crippen LogP contribution < -0.4 is 0 Å². The summed E-state index contributed by atoms with van der Waals surface area (Å²) < 4.78 is 5.31. The lowest BCUT2D eigenvalue weighted by Gasteiger charge is -2.17. The summed E-state index contributed by atoms with van der Waals surface area (Å²) in [6.45, 7) is 5.32. The summed E-state index contributed by atoms with van der Waals surface area (Å²) in [6, 6.07) is 0. The number of aryl methyl sites for hydroxylation is 2. The van der Waals surface area contributed by atoms with Crippen molar-refractivity contribution in [3.63, 3.8) is 0 Å². The first-order valence-electron chi connectivity index (χ1n) is 5.12. The van der Waals surface area contributed by atoms with E-state index < -0.39 is 0 Å². The molecule has 0 aliphatic carbocycles. The minimum absolute atomic E-state index is 0.309. The molecular formula is C11H15NO2S. The van der Waals surface area contributed by atoms with E-state index in [1.165, 1.54) is 4.88 Å².